The lowest BCUT2D eigenvalue weighted by molar-refractivity contribution is -0.139. The Kier molecular flexibility index (Phi) is 6.48. The van der Waals surface area contributed by atoms with Gasteiger partial charge < -0.3 is 9.84 Å². The van der Waals surface area contributed by atoms with E-state index in [1.807, 2.05) is 24.3 Å². The number of aliphatic carboxylic acids is 1. The van der Waals surface area contributed by atoms with Crippen molar-refractivity contribution in [2.45, 2.75) is 38.5 Å². The summed E-state index contributed by atoms with van der Waals surface area (Å²) >= 11 is 0. The van der Waals surface area contributed by atoms with Crippen LogP contribution >= 0.6 is 0 Å². The molecule has 1 N–H and O–H groups in total. The predicted octanol–water partition coefficient (Wildman–Crippen LogP) is 5.82. The Bertz CT molecular complexity index is 878. The van der Waals surface area contributed by atoms with E-state index in [1.165, 1.54) is 34.7 Å². The summed E-state index contributed by atoms with van der Waals surface area (Å²) in [5, 5.41) is 11.3. The maximum atomic E-state index is 10.5. The van der Waals surface area contributed by atoms with Gasteiger partial charge in [0.1, 0.15) is 5.75 Å². The lowest BCUT2D eigenvalue weighted by Gasteiger charge is -2.14. The van der Waals surface area contributed by atoms with E-state index in [-0.39, 0.29) is 6.61 Å². The fraction of sp³-hybridized carbons (Fsp3) is 0.292. The summed E-state index contributed by atoms with van der Waals surface area (Å²) in [5.41, 5.74) is 2.70. The van der Waals surface area contributed by atoms with Crippen LogP contribution in [0.4, 0.5) is 0 Å². The van der Waals surface area contributed by atoms with Gasteiger partial charge in [-0.3, -0.25) is 0 Å². The van der Waals surface area contributed by atoms with Crippen molar-refractivity contribution in [1.29, 1.82) is 0 Å². The molecule has 0 saturated carbocycles. The maximum Gasteiger partial charge on any atom is 0.341 e. The standard InChI is InChI=1S/C24H26O3/c1-18(22-12-6-10-20-9-4-5-11-23(20)22)7-2-3-8-19-13-15-21(16-14-19)27-17-24(25)26/h4-6,9-16,18H,2-3,7-8,17H2,1H3,(H,25,26)/t18-/m0/s1. The van der Waals surface area contributed by atoms with Gasteiger partial charge in [-0.05, 0) is 59.2 Å². The smallest absolute Gasteiger partial charge is 0.341 e. The molecule has 140 valence electrons. The third-order valence-corrected chi connectivity index (χ3v) is 4.99. The van der Waals surface area contributed by atoms with E-state index in [2.05, 4.69) is 49.4 Å². The summed E-state index contributed by atoms with van der Waals surface area (Å²) in [4.78, 5) is 10.5. The molecule has 3 aromatic carbocycles. The van der Waals surface area contributed by atoms with Gasteiger partial charge in [-0.2, -0.15) is 0 Å². The van der Waals surface area contributed by atoms with Crippen LogP contribution in [0, 0.1) is 0 Å². The third kappa shape index (κ3) is 5.33. The second kappa shape index (κ2) is 9.22. The van der Waals surface area contributed by atoms with Crippen molar-refractivity contribution in [3.63, 3.8) is 0 Å². The first kappa shape index (κ1) is 19.0. The molecule has 0 amide bonds. The van der Waals surface area contributed by atoms with Gasteiger partial charge in [0.2, 0.25) is 0 Å². The summed E-state index contributed by atoms with van der Waals surface area (Å²) in [5.74, 6) is 0.188. The van der Waals surface area contributed by atoms with Crippen molar-refractivity contribution in [3.05, 3.63) is 77.9 Å². The Labute approximate surface area is 160 Å². The van der Waals surface area contributed by atoms with E-state index < -0.39 is 5.97 Å². The van der Waals surface area contributed by atoms with Crippen molar-refractivity contribution in [2.75, 3.05) is 6.61 Å². The number of unbranched alkanes of at least 4 members (excludes halogenated alkanes) is 1. The number of fused-ring (bicyclic) bond motifs is 1. The van der Waals surface area contributed by atoms with Crippen molar-refractivity contribution >= 4 is 16.7 Å². The molecule has 0 heterocycles. The van der Waals surface area contributed by atoms with E-state index >= 15 is 0 Å². The average Bonchev–Trinajstić information content (AvgIpc) is 2.70. The second-order valence-electron chi connectivity index (χ2n) is 7.04. The number of benzene rings is 3. The van der Waals surface area contributed by atoms with Gasteiger partial charge in [-0.15, -0.1) is 0 Å². The van der Waals surface area contributed by atoms with Gasteiger partial charge >= 0.3 is 5.97 Å². The first-order valence-corrected chi connectivity index (χ1v) is 9.54. The Morgan fingerprint density at radius 2 is 1.70 bits per heavy atom. The third-order valence-electron chi connectivity index (χ3n) is 4.99. The quantitative estimate of drug-likeness (QED) is 0.488. The summed E-state index contributed by atoms with van der Waals surface area (Å²) in [6.07, 6.45) is 4.53. The molecule has 3 rings (SSSR count). The van der Waals surface area contributed by atoms with Crippen LogP contribution in [0.5, 0.6) is 5.75 Å². The second-order valence-corrected chi connectivity index (χ2v) is 7.04. The number of hydrogen-bond acceptors (Lipinski definition) is 2. The fourth-order valence-corrected chi connectivity index (χ4v) is 3.51. The molecule has 0 fully saturated rings. The Balaban J connectivity index is 1.47. The number of carbonyl (C=O) groups is 1. The molecule has 3 heteroatoms. The molecular formula is C24H26O3. The van der Waals surface area contributed by atoms with Crippen molar-refractivity contribution in [2.24, 2.45) is 0 Å². The topological polar surface area (TPSA) is 46.5 Å². The van der Waals surface area contributed by atoms with E-state index in [0.29, 0.717) is 11.7 Å². The zero-order valence-corrected chi connectivity index (χ0v) is 15.7. The van der Waals surface area contributed by atoms with Crippen molar-refractivity contribution in [3.8, 4) is 5.75 Å². The minimum Gasteiger partial charge on any atom is -0.482 e. The number of hydrogen-bond donors (Lipinski definition) is 1. The molecule has 0 saturated heterocycles. The Hall–Kier alpha value is -2.81. The number of carboxylic acids is 1. The van der Waals surface area contributed by atoms with Crippen LogP contribution in [0.3, 0.4) is 0 Å². The minimum absolute atomic E-state index is 0.300. The Morgan fingerprint density at radius 3 is 2.48 bits per heavy atom. The molecule has 0 unspecified atom stereocenters. The van der Waals surface area contributed by atoms with Gasteiger partial charge in [-0.25, -0.2) is 4.79 Å². The van der Waals surface area contributed by atoms with E-state index in [4.69, 9.17) is 9.84 Å². The molecule has 0 aliphatic heterocycles. The Morgan fingerprint density at radius 1 is 0.963 bits per heavy atom. The highest BCUT2D eigenvalue weighted by molar-refractivity contribution is 5.86. The van der Waals surface area contributed by atoms with Crippen LogP contribution in [0.2, 0.25) is 0 Å². The summed E-state index contributed by atoms with van der Waals surface area (Å²) in [7, 11) is 0. The number of ether oxygens (including phenoxy) is 1. The molecule has 0 aliphatic carbocycles. The number of aryl methyl sites for hydroxylation is 1. The summed E-state index contributed by atoms with van der Waals surface area (Å²) in [6, 6.07) is 22.9. The summed E-state index contributed by atoms with van der Waals surface area (Å²) < 4.78 is 5.16. The highest BCUT2D eigenvalue weighted by Crippen LogP contribution is 2.29. The van der Waals surface area contributed by atoms with Gasteiger partial charge in [0, 0.05) is 0 Å². The first-order valence-electron chi connectivity index (χ1n) is 9.54. The van der Waals surface area contributed by atoms with Crippen LogP contribution < -0.4 is 4.74 Å². The molecule has 3 nitrogen and oxygen atoms in total. The van der Waals surface area contributed by atoms with Crippen LogP contribution in [0.15, 0.2) is 66.7 Å². The number of carboxylic acid groups (broad SMARTS) is 1. The number of rotatable bonds is 9. The zero-order valence-electron chi connectivity index (χ0n) is 15.7. The average molecular weight is 362 g/mol. The van der Waals surface area contributed by atoms with Crippen molar-refractivity contribution in [1.82, 2.24) is 0 Å². The van der Waals surface area contributed by atoms with Gasteiger partial charge in [0.05, 0.1) is 0 Å². The van der Waals surface area contributed by atoms with E-state index in [0.717, 1.165) is 12.8 Å². The van der Waals surface area contributed by atoms with Gasteiger partial charge in [0.15, 0.2) is 6.61 Å². The van der Waals surface area contributed by atoms with Gasteiger partial charge in [0.25, 0.3) is 0 Å². The maximum absolute atomic E-state index is 10.5. The first-order chi connectivity index (χ1) is 13.1. The van der Waals surface area contributed by atoms with Crippen molar-refractivity contribution < 1.29 is 14.6 Å². The fourth-order valence-electron chi connectivity index (χ4n) is 3.51. The lowest BCUT2D eigenvalue weighted by atomic mass is 9.90. The highest BCUT2D eigenvalue weighted by Gasteiger charge is 2.09. The molecular weight excluding hydrogens is 336 g/mol. The van der Waals surface area contributed by atoms with Crippen LogP contribution in [-0.2, 0) is 11.2 Å². The van der Waals surface area contributed by atoms with Crippen LogP contribution in [0.1, 0.15) is 43.2 Å². The lowest BCUT2D eigenvalue weighted by Crippen LogP contribution is -2.09. The molecule has 0 spiro atoms. The normalized spacial score (nSPS) is 12.0. The molecule has 1 atom stereocenters. The largest absolute Gasteiger partial charge is 0.482 e. The van der Waals surface area contributed by atoms with E-state index in [1.54, 1.807) is 0 Å². The van der Waals surface area contributed by atoms with Gasteiger partial charge in [-0.1, -0.05) is 67.9 Å². The molecule has 0 bridgehead atoms. The predicted molar refractivity (Wildman–Crippen MR) is 109 cm³/mol. The van der Waals surface area contributed by atoms with Crippen LogP contribution in [-0.4, -0.2) is 17.7 Å². The van der Waals surface area contributed by atoms with E-state index in [9.17, 15) is 4.79 Å². The SMILES string of the molecule is C[C@@H](CCCCc1ccc(OCC(=O)O)cc1)c1cccc2ccccc12. The summed E-state index contributed by atoms with van der Waals surface area (Å²) in [6.45, 7) is 2.02. The molecule has 0 aliphatic rings. The molecule has 0 aromatic heterocycles. The van der Waals surface area contributed by atoms with Crippen LogP contribution in [0.25, 0.3) is 10.8 Å². The zero-order chi connectivity index (χ0) is 19.1. The minimum atomic E-state index is -0.959. The molecule has 3 aromatic rings. The monoisotopic (exact) mass is 362 g/mol. The molecule has 27 heavy (non-hydrogen) atoms. The highest BCUT2D eigenvalue weighted by atomic mass is 16.5. The molecule has 0 radical (unpaired) electrons.